The van der Waals surface area contributed by atoms with Crippen LogP contribution in [-0.4, -0.2) is 83.0 Å². The summed E-state index contributed by atoms with van der Waals surface area (Å²) < 4.78 is 0. The van der Waals surface area contributed by atoms with Crippen molar-refractivity contribution in [3.05, 3.63) is 13.2 Å². The summed E-state index contributed by atoms with van der Waals surface area (Å²) in [6.07, 6.45) is 0. The van der Waals surface area contributed by atoms with Crippen LogP contribution in [-0.2, 0) is 0 Å². The van der Waals surface area contributed by atoms with Gasteiger partial charge in [0.1, 0.15) is 0 Å². The Balaban J connectivity index is 0. The van der Waals surface area contributed by atoms with Gasteiger partial charge in [0, 0.05) is 32.7 Å². The average molecular weight is 236 g/mol. The highest BCUT2D eigenvalue weighted by Gasteiger charge is 2.05. The van der Waals surface area contributed by atoms with E-state index >= 15 is 0 Å². The van der Waals surface area contributed by atoms with Gasteiger partial charge in [0.2, 0.25) is 0 Å². The fourth-order valence-electron chi connectivity index (χ4n) is 1.10. The Morgan fingerprint density at radius 3 is 1.50 bits per heavy atom. The van der Waals surface area contributed by atoms with E-state index in [0.717, 1.165) is 5.06 Å². The van der Waals surface area contributed by atoms with Crippen LogP contribution in [0.4, 0.5) is 0 Å². The first kappa shape index (κ1) is 17.9. The molecule has 6 nitrogen and oxygen atoms in total. The van der Waals surface area contributed by atoms with E-state index in [1.54, 1.807) is 0 Å². The number of nitrogens with zero attached hydrogens (tertiary/aromatic N) is 2. The molecule has 0 bridgehead atoms. The lowest BCUT2D eigenvalue weighted by Crippen LogP contribution is -2.37. The highest BCUT2D eigenvalue weighted by Crippen LogP contribution is 1.89. The molecular weight excluding hydrogens is 212 g/mol. The van der Waals surface area contributed by atoms with Crippen LogP contribution in [0.2, 0.25) is 0 Å². The smallest absolute Gasteiger partial charge is 0.0581 e. The van der Waals surface area contributed by atoms with Crippen molar-refractivity contribution in [2.24, 2.45) is 0 Å². The zero-order valence-corrected chi connectivity index (χ0v) is 9.75. The van der Waals surface area contributed by atoms with Crippen molar-refractivity contribution < 1.29 is 20.5 Å². The number of aliphatic hydroxyl groups is 3. The van der Waals surface area contributed by atoms with Crippen molar-refractivity contribution in [3.8, 4) is 0 Å². The number of rotatable bonds is 9. The van der Waals surface area contributed by atoms with Gasteiger partial charge in [0.25, 0.3) is 0 Å². The average Bonchev–Trinajstić information content (AvgIpc) is 2.30. The van der Waals surface area contributed by atoms with E-state index in [2.05, 4.69) is 13.2 Å². The Morgan fingerprint density at radius 1 is 0.688 bits per heavy atom. The summed E-state index contributed by atoms with van der Waals surface area (Å²) in [5.41, 5.74) is 0. The summed E-state index contributed by atoms with van der Waals surface area (Å²) in [5.74, 6) is 0. The van der Waals surface area contributed by atoms with Crippen LogP contribution >= 0.6 is 0 Å². The largest absolute Gasteiger partial charge is 0.395 e. The molecule has 0 saturated carbocycles. The van der Waals surface area contributed by atoms with Gasteiger partial charge in [-0.3, -0.25) is 4.90 Å². The normalized spacial score (nSPS) is 10.4. The Morgan fingerprint density at radius 2 is 1.12 bits per heavy atom. The summed E-state index contributed by atoms with van der Waals surface area (Å²) in [6.45, 7) is 8.10. The van der Waals surface area contributed by atoms with Crippen molar-refractivity contribution in [2.45, 2.75) is 0 Å². The topological polar surface area (TPSA) is 87.4 Å². The lowest BCUT2D eigenvalue weighted by Gasteiger charge is -2.22. The van der Waals surface area contributed by atoms with Crippen LogP contribution in [0.25, 0.3) is 0 Å². The molecule has 0 atom stereocenters. The molecule has 0 unspecified atom stereocenters. The first-order valence-corrected chi connectivity index (χ1v) is 5.23. The zero-order valence-electron chi connectivity index (χ0n) is 9.75. The minimum Gasteiger partial charge on any atom is -0.395 e. The van der Waals surface area contributed by atoms with Crippen molar-refractivity contribution in [2.75, 3.05) is 52.5 Å². The van der Waals surface area contributed by atoms with E-state index in [4.69, 9.17) is 20.5 Å². The lowest BCUT2D eigenvalue weighted by molar-refractivity contribution is -0.103. The SMILES string of the molecule is C=C.OCCN(O)CCN(CCO)CCO. The Kier molecular flexibility index (Phi) is 16.2. The molecule has 4 N–H and O–H groups in total. The van der Waals surface area contributed by atoms with Gasteiger partial charge in [0.15, 0.2) is 0 Å². The molecule has 0 heterocycles. The maximum absolute atomic E-state index is 9.16. The maximum atomic E-state index is 9.16. The van der Waals surface area contributed by atoms with Crippen molar-refractivity contribution in [1.29, 1.82) is 0 Å². The molecule has 6 heteroatoms. The van der Waals surface area contributed by atoms with Crippen molar-refractivity contribution in [3.63, 3.8) is 0 Å². The third-order valence-electron chi connectivity index (χ3n) is 1.86. The molecule has 0 aromatic rings. The second-order valence-electron chi connectivity index (χ2n) is 2.97. The zero-order chi connectivity index (χ0) is 12.8. The molecule has 0 aliphatic carbocycles. The lowest BCUT2D eigenvalue weighted by atomic mass is 10.4. The summed E-state index contributed by atoms with van der Waals surface area (Å²) >= 11 is 0. The Bertz CT molecular complexity index is 132. The van der Waals surface area contributed by atoms with E-state index in [-0.39, 0.29) is 26.4 Å². The minimum absolute atomic E-state index is 0.0332. The molecule has 16 heavy (non-hydrogen) atoms. The van der Waals surface area contributed by atoms with E-state index in [1.807, 2.05) is 4.90 Å². The molecule has 0 aromatic carbocycles. The number of hydrogen-bond acceptors (Lipinski definition) is 6. The minimum atomic E-state index is -0.0868. The third kappa shape index (κ3) is 11.6. The van der Waals surface area contributed by atoms with Gasteiger partial charge >= 0.3 is 0 Å². The molecule has 0 aliphatic heterocycles. The fourth-order valence-corrected chi connectivity index (χ4v) is 1.10. The predicted molar refractivity (Wildman–Crippen MR) is 62.3 cm³/mol. The maximum Gasteiger partial charge on any atom is 0.0581 e. The molecule has 0 radical (unpaired) electrons. The third-order valence-corrected chi connectivity index (χ3v) is 1.86. The number of hydrogen-bond donors (Lipinski definition) is 4. The van der Waals surface area contributed by atoms with Crippen LogP contribution in [0.15, 0.2) is 13.2 Å². The van der Waals surface area contributed by atoms with Crippen LogP contribution in [0, 0.1) is 0 Å². The molecule has 0 saturated heterocycles. The van der Waals surface area contributed by atoms with Crippen molar-refractivity contribution >= 4 is 0 Å². The molecule has 98 valence electrons. The summed E-state index contributed by atoms with van der Waals surface area (Å²) in [6, 6.07) is 0. The van der Waals surface area contributed by atoms with Crippen LogP contribution < -0.4 is 0 Å². The summed E-state index contributed by atoms with van der Waals surface area (Å²) in [5, 5.41) is 36.1. The van der Waals surface area contributed by atoms with Gasteiger partial charge < -0.3 is 20.5 Å². The number of aliphatic hydroxyl groups excluding tert-OH is 3. The molecule has 0 aromatic heterocycles. The first-order valence-electron chi connectivity index (χ1n) is 5.23. The molecule has 0 rings (SSSR count). The highest BCUT2D eigenvalue weighted by atomic mass is 16.5. The first-order chi connectivity index (χ1) is 7.74. The van der Waals surface area contributed by atoms with Crippen molar-refractivity contribution in [1.82, 2.24) is 9.96 Å². The van der Waals surface area contributed by atoms with Gasteiger partial charge in [-0.15, -0.1) is 13.2 Å². The summed E-state index contributed by atoms with van der Waals surface area (Å²) in [4.78, 5) is 1.83. The number of hydroxylamine groups is 2. The molecule has 0 amide bonds. The van der Waals surface area contributed by atoms with E-state index in [0.29, 0.717) is 26.2 Å². The van der Waals surface area contributed by atoms with Gasteiger partial charge in [-0.05, 0) is 0 Å². The molecular formula is C10H24N2O4. The molecule has 0 aliphatic rings. The quantitative estimate of drug-likeness (QED) is 0.296. The van der Waals surface area contributed by atoms with Gasteiger partial charge in [-0.2, -0.15) is 5.06 Å². The molecule has 0 fully saturated rings. The van der Waals surface area contributed by atoms with Crippen LogP contribution in [0.5, 0.6) is 0 Å². The highest BCUT2D eigenvalue weighted by molar-refractivity contribution is 4.58. The fraction of sp³-hybridized carbons (Fsp3) is 0.800. The predicted octanol–water partition coefficient (Wildman–Crippen LogP) is -1.24. The van der Waals surface area contributed by atoms with E-state index in [1.165, 1.54) is 0 Å². The molecule has 0 spiro atoms. The van der Waals surface area contributed by atoms with E-state index in [9.17, 15) is 0 Å². The standard InChI is InChI=1S/C8H20N2O4.C2H4/c11-6-3-9(4-7-12)1-2-10(14)5-8-13;1-2/h11-14H,1-8H2;1-2H2. The Hall–Kier alpha value is -0.500. The second-order valence-corrected chi connectivity index (χ2v) is 2.97. The Labute approximate surface area is 97.0 Å². The van der Waals surface area contributed by atoms with Crippen LogP contribution in [0.3, 0.4) is 0 Å². The second kappa shape index (κ2) is 14.5. The van der Waals surface area contributed by atoms with Gasteiger partial charge in [-0.25, -0.2) is 0 Å². The van der Waals surface area contributed by atoms with Gasteiger partial charge in [0.05, 0.1) is 19.8 Å². The van der Waals surface area contributed by atoms with E-state index < -0.39 is 0 Å². The van der Waals surface area contributed by atoms with Gasteiger partial charge in [-0.1, -0.05) is 0 Å². The monoisotopic (exact) mass is 236 g/mol. The van der Waals surface area contributed by atoms with Crippen LogP contribution in [0.1, 0.15) is 0 Å². The summed E-state index contributed by atoms with van der Waals surface area (Å²) in [7, 11) is 0.